The Morgan fingerprint density at radius 2 is 1.74 bits per heavy atom. The van der Waals surface area contributed by atoms with E-state index in [1.165, 1.54) is 24.0 Å². The average molecular weight is 258 g/mol. The van der Waals surface area contributed by atoms with Crippen LogP contribution in [0.4, 0.5) is 0 Å². The first-order valence-corrected chi connectivity index (χ1v) is 7.43. The maximum atomic E-state index is 12.6. The lowest BCUT2D eigenvalue weighted by molar-refractivity contribution is -0.133. The van der Waals surface area contributed by atoms with Gasteiger partial charge in [-0.25, -0.2) is 0 Å². The lowest BCUT2D eigenvalue weighted by Gasteiger charge is -2.30. The number of carbonyl (C=O) groups excluding carboxylic acids is 1. The third kappa shape index (κ3) is 2.81. The Balaban J connectivity index is 1.68. The van der Waals surface area contributed by atoms with Crippen molar-refractivity contribution in [1.82, 2.24) is 10.2 Å². The van der Waals surface area contributed by atoms with E-state index in [9.17, 15) is 4.79 Å². The van der Waals surface area contributed by atoms with E-state index in [1.54, 1.807) is 0 Å². The molecule has 0 aliphatic carbocycles. The highest BCUT2D eigenvalue weighted by Gasteiger charge is 2.27. The van der Waals surface area contributed by atoms with Crippen LogP contribution in [-0.4, -0.2) is 29.9 Å². The van der Waals surface area contributed by atoms with Gasteiger partial charge in [0, 0.05) is 19.6 Å². The topological polar surface area (TPSA) is 32.3 Å². The smallest absolute Gasteiger partial charge is 0.240 e. The molecule has 1 aromatic carbocycles. The number of amides is 1. The molecular weight excluding hydrogens is 236 g/mol. The number of nitrogens with one attached hydrogen (secondary N) is 1. The molecule has 0 bridgehead atoms. The Hall–Kier alpha value is -1.35. The van der Waals surface area contributed by atoms with Crippen LogP contribution in [0.5, 0.6) is 0 Å². The molecule has 102 valence electrons. The van der Waals surface area contributed by atoms with Crippen molar-refractivity contribution in [1.29, 1.82) is 0 Å². The molecule has 1 amide bonds. The summed E-state index contributed by atoms with van der Waals surface area (Å²) in [5, 5.41) is 3.40. The number of benzene rings is 1. The van der Waals surface area contributed by atoms with E-state index in [1.807, 2.05) is 0 Å². The fourth-order valence-electron chi connectivity index (χ4n) is 3.14. The van der Waals surface area contributed by atoms with E-state index >= 15 is 0 Å². The second-order valence-corrected chi connectivity index (χ2v) is 5.65. The van der Waals surface area contributed by atoms with Gasteiger partial charge in [-0.3, -0.25) is 4.79 Å². The third-order valence-corrected chi connectivity index (χ3v) is 4.30. The summed E-state index contributed by atoms with van der Waals surface area (Å²) in [6.07, 6.45) is 5.70. The Morgan fingerprint density at radius 1 is 1.05 bits per heavy atom. The zero-order chi connectivity index (χ0) is 13.1. The first-order valence-electron chi connectivity index (χ1n) is 7.43. The lowest BCUT2D eigenvalue weighted by Crippen LogP contribution is -2.49. The van der Waals surface area contributed by atoms with E-state index in [0.717, 1.165) is 38.9 Å². The SMILES string of the molecule is O=C([C@H]1Cc2ccccc2CN1)N1CCCCCC1. The molecule has 3 rings (SSSR count). The summed E-state index contributed by atoms with van der Waals surface area (Å²) >= 11 is 0. The Labute approximate surface area is 115 Å². The summed E-state index contributed by atoms with van der Waals surface area (Å²) in [6.45, 7) is 2.71. The number of carbonyl (C=O) groups is 1. The summed E-state index contributed by atoms with van der Waals surface area (Å²) in [6, 6.07) is 8.41. The van der Waals surface area contributed by atoms with Crippen LogP contribution in [0.1, 0.15) is 36.8 Å². The number of hydrogen-bond donors (Lipinski definition) is 1. The maximum absolute atomic E-state index is 12.6. The molecule has 0 spiro atoms. The molecule has 3 heteroatoms. The average Bonchev–Trinajstić information content (AvgIpc) is 2.75. The molecule has 2 heterocycles. The minimum Gasteiger partial charge on any atom is -0.341 e. The van der Waals surface area contributed by atoms with Gasteiger partial charge < -0.3 is 10.2 Å². The first-order chi connectivity index (χ1) is 9.34. The fourth-order valence-corrected chi connectivity index (χ4v) is 3.14. The van der Waals surface area contributed by atoms with Crippen LogP contribution in [-0.2, 0) is 17.8 Å². The van der Waals surface area contributed by atoms with Gasteiger partial charge in [0.05, 0.1) is 6.04 Å². The Morgan fingerprint density at radius 3 is 2.47 bits per heavy atom. The van der Waals surface area contributed by atoms with Crippen molar-refractivity contribution in [3.05, 3.63) is 35.4 Å². The molecule has 2 aliphatic rings. The highest BCUT2D eigenvalue weighted by Crippen LogP contribution is 2.18. The molecule has 1 aromatic rings. The number of hydrogen-bond acceptors (Lipinski definition) is 2. The zero-order valence-corrected chi connectivity index (χ0v) is 11.4. The number of fused-ring (bicyclic) bond motifs is 1. The van der Waals surface area contributed by atoms with Crippen molar-refractivity contribution in [3.8, 4) is 0 Å². The van der Waals surface area contributed by atoms with Gasteiger partial charge in [-0.1, -0.05) is 37.1 Å². The van der Waals surface area contributed by atoms with Gasteiger partial charge in [0.25, 0.3) is 0 Å². The van der Waals surface area contributed by atoms with Gasteiger partial charge in [0.1, 0.15) is 0 Å². The normalized spacial score (nSPS) is 23.6. The van der Waals surface area contributed by atoms with Crippen LogP contribution in [0.2, 0.25) is 0 Å². The standard InChI is InChI=1S/C16H22N2O/c19-16(18-9-5-1-2-6-10-18)15-11-13-7-3-4-8-14(13)12-17-15/h3-4,7-8,15,17H,1-2,5-6,9-12H2/t15-/m1/s1. The number of likely N-dealkylation sites (tertiary alicyclic amines) is 1. The van der Waals surface area contributed by atoms with Crippen LogP contribution in [0.25, 0.3) is 0 Å². The van der Waals surface area contributed by atoms with Crippen molar-refractivity contribution < 1.29 is 4.79 Å². The molecule has 0 radical (unpaired) electrons. The van der Waals surface area contributed by atoms with Crippen molar-refractivity contribution in [2.75, 3.05) is 13.1 Å². The van der Waals surface area contributed by atoms with Crippen molar-refractivity contribution in [2.24, 2.45) is 0 Å². The lowest BCUT2D eigenvalue weighted by atomic mass is 9.95. The van der Waals surface area contributed by atoms with Crippen LogP contribution in [0.15, 0.2) is 24.3 Å². The van der Waals surface area contributed by atoms with Gasteiger partial charge >= 0.3 is 0 Å². The van der Waals surface area contributed by atoms with Gasteiger partial charge in [-0.15, -0.1) is 0 Å². The summed E-state index contributed by atoms with van der Waals surface area (Å²) in [4.78, 5) is 14.6. The van der Waals surface area contributed by atoms with Crippen LogP contribution in [0, 0.1) is 0 Å². The molecule has 19 heavy (non-hydrogen) atoms. The van der Waals surface area contributed by atoms with E-state index in [2.05, 4.69) is 34.5 Å². The molecular formula is C16H22N2O. The van der Waals surface area contributed by atoms with Crippen molar-refractivity contribution in [3.63, 3.8) is 0 Å². The summed E-state index contributed by atoms with van der Waals surface area (Å²) in [7, 11) is 0. The molecule has 2 aliphatic heterocycles. The predicted molar refractivity (Wildman–Crippen MR) is 75.8 cm³/mol. The molecule has 1 N–H and O–H groups in total. The highest BCUT2D eigenvalue weighted by atomic mass is 16.2. The van der Waals surface area contributed by atoms with Gasteiger partial charge in [-0.2, -0.15) is 0 Å². The van der Waals surface area contributed by atoms with Crippen molar-refractivity contribution in [2.45, 2.75) is 44.7 Å². The quantitative estimate of drug-likeness (QED) is 0.836. The van der Waals surface area contributed by atoms with E-state index in [0.29, 0.717) is 5.91 Å². The summed E-state index contributed by atoms with van der Waals surface area (Å²) < 4.78 is 0. The maximum Gasteiger partial charge on any atom is 0.240 e. The number of nitrogens with zero attached hydrogens (tertiary/aromatic N) is 1. The fraction of sp³-hybridized carbons (Fsp3) is 0.562. The van der Waals surface area contributed by atoms with E-state index < -0.39 is 0 Å². The van der Waals surface area contributed by atoms with E-state index in [-0.39, 0.29) is 6.04 Å². The van der Waals surface area contributed by atoms with Gasteiger partial charge in [0.2, 0.25) is 5.91 Å². The minimum atomic E-state index is -0.0204. The third-order valence-electron chi connectivity index (χ3n) is 4.30. The second kappa shape index (κ2) is 5.74. The minimum absolute atomic E-state index is 0.0204. The molecule has 1 atom stereocenters. The zero-order valence-electron chi connectivity index (χ0n) is 11.4. The molecule has 0 aromatic heterocycles. The molecule has 0 saturated carbocycles. The van der Waals surface area contributed by atoms with Crippen LogP contribution in [0.3, 0.4) is 0 Å². The Kier molecular flexibility index (Phi) is 3.83. The van der Waals surface area contributed by atoms with E-state index in [4.69, 9.17) is 0 Å². The van der Waals surface area contributed by atoms with Crippen LogP contribution >= 0.6 is 0 Å². The van der Waals surface area contributed by atoms with Crippen LogP contribution < -0.4 is 5.32 Å². The van der Waals surface area contributed by atoms with Gasteiger partial charge in [-0.05, 0) is 30.4 Å². The predicted octanol–water partition coefficient (Wildman–Crippen LogP) is 2.10. The summed E-state index contributed by atoms with van der Waals surface area (Å²) in [5.74, 6) is 0.302. The first kappa shape index (κ1) is 12.7. The second-order valence-electron chi connectivity index (χ2n) is 5.65. The molecule has 1 saturated heterocycles. The van der Waals surface area contributed by atoms with Gasteiger partial charge in [0.15, 0.2) is 0 Å². The number of rotatable bonds is 1. The van der Waals surface area contributed by atoms with Crippen molar-refractivity contribution >= 4 is 5.91 Å². The highest BCUT2D eigenvalue weighted by molar-refractivity contribution is 5.82. The molecule has 0 unspecified atom stereocenters. The summed E-state index contributed by atoms with van der Waals surface area (Å²) in [5.41, 5.74) is 2.66. The monoisotopic (exact) mass is 258 g/mol. The molecule has 1 fully saturated rings. The molecule has 3 nitrogen and oxygen atoms in total. The largest absolute Gasteiger partial charge is 0.341 e. The Bertz CT molecular complexity index is 450.